The van der Waals surface area contributed by atoms with Gasteiger partial charge in [-0.05, 0) is 32.4 Å². The topological polar surface area (TPSA) is 29.5 Å². The molecule has 0 amide bonds. The molecular weight excluding hydrogens is 176 g/mol. The molecule has 0 aliphatic rings. The maximum atomic E-state index is 8.75. The first kappa shape index (κ1) is 11.1. The molecule has 2 heteroatoms. The minimum atomic E-state index is 0.0707. The number of aryl methyl sites for hydroxylation is 2. The number of rotatable bonds is 4. The molecule has 1 N–H and O–H groups in total. The quantitative estimate of drug-likeness (QED) is 0.797. The van der Waals surface area contributed by atoms with Gasteiger partial charge in [0.25, 0.3) is 0 Å². The van der Waals surface area contributed by atoms with E-state index in [0.717, 1.165) is 11.3 Å². The Morgan fingerprint density at radius 3 is 2.64 bits per heavy atom. The fourth-order valence-electron chi connectivity index (χ4n) is 1.39. The Balaban J connectivity index is 2.67. The average molecular weight is 194 g/mol. The van der Waals surface area contributed by atoms with Crippen LogP contribution in [0.4, 0.5) is 0 Å². The zero-order valence-electron chi connectivity index (χ0n) is 9.08. The smallest absolute Gasteiger partial charge is 0.122 e. The fourth-order valence-corrected chi connectivity index (χ4v) is 1.39. The summed E-state index contributed by atoms with van der Waals surface area (Å²) in [6.07, 6.45) is 0.745. The first-order valence-electron chi connectivity index (χ1n) is 4.98. The van der Waals surface area contributed by atoms with Crippen LogP contribution in [0, 0.1) is 13.8 Å². The molecule has 0 saturated heterocycles. The summed E-state index contributed by atoms with van der Waals surface area (Å²) in [5.74, 6) is 0.913. The van der Waals surface area contributed by atoms with Crippen molar-refractivity contribution in [3.63, 3.8) is 0 Å². The molecule has 0 aromatic heterocycles. The molecule has 0 aliphatic carbocycles. The molecule has 0 radical (unpaired) electrons. The highest BCUT2D eigenvalue weighted by atomic mass is 16.5. The number of benzene rings is 1. The minimum absolute atomic E-state index is 0.0707. The lowest BCUT2D eigenvalue weighted by Crippen LogP contribution is -2.13. The Labute approximate surface area is 85.5 Å². The standard InChI is InChI=1S/C12H18O2/c1-9-4-5-12(10(2)8-9)14-11(3)6-7-13/h4-5,8,11,13H,6-7H2,1-3H3. The SMILES string of the molecule is Cc1ccc(OC(C)CCO)c(C)c1. The number of hydrogen-bond donors (Lipinski definition) is 1. The molecular formula is C12H18O2. The molecule has 1 atom stereocenters. The number of aliphatic hydroxyl groups is 1. The van der Waals surface area contributed by atoms with Gasteiger partial charge in [-0.2, -0.15) is 0 Å². The second-order valence-corrected chi connectivity index (χ2v) is 3.71. The zero-order chi connectivity index (χ0) is 10.6. The Kier molecular flexibility index (Phi) is 3.96. The van der Waals surface area contributed by atoms with Crippen molar-refractivity contribution in [1.29, 1.82) is 0 Å². The number of ether oxygens (including phenoxy) is 1. The highest BCUT2D eigenvalue weighted by molar-refractivity contribution is 5.35. The van der Waals surface area contributed by atoms with Crippen LogP contribution in [-0.4, -0.2) is 17.8 Å². The largest absolute Gasteiger partial charge is 0.490 e. The van der Waals surface area contributed by atoms with Gasteiger partial charge in [-0.1, -0.05) is 17.7 Å². The third-order valence-corrected chi connectivity index (χ3v) is 2.19. The second kappa shape index (κ2) is 5.01. The van der Waals surface area contributed by atoms with E-state index < -0.39 is 0 Å². The maximum Gasteiger partial charge on any atom is 0.122 e. The van der Waals surface area contributed by atoms with Crippen molar-refractivity contribution in [2.24, 2.45) is 0 Å². The number of aliphatic hydroxyl groups excluding tert-OH is 1. The van der Waals surface area contributed by atoms with Crippen molar-refractivity contribution in [2.75, 3.05) is 6.61 Å². The van der Waals surface area contributed by atoms with Crippen LogP contribution in [0.3, 0.4) is 0 Å². The molecule has 0 fully saturated rings. The second-order valence-electron chi connectivity index (χ2n) is 3.71. The van der Waals surface area contributed by atoms with Crippen molar-refractivity contribution < 1.29 is 9.84 Å². The molecule has 0 heterocycles. The molecule has 14 heavy (non-hydrogen) atoms. The predicted molar refractivity (Wildman–Crippen MR) is 57.7 cm³/mol. The van der Waals surface area contributed by atoms with E-state index in [0.29, 0.717) is 6.42 Å². The van der Waals surface area contributed by atoms with E-state index in [1.807, 2.05) is 26.0 Å². The van der Waals surface area contributed by atoms with Crippen molar-refractivity contribution in [3.8, 4) is 5.75 Å². The van der Waals surface area contributed by atoms with Gasteiger partial charge < -0.3 is 9.84 Å². The monoisotopic (exact) mass is 194 g/mol. The first-order valence-corrected chi connectivity index (χ1v) is 4.98. The molecule has 1 aromatic rings. The highest BCUT2D eigenvalue weighted by Gasteiger charge is 2.05. The van der Waals surface area contributed by atoms with Crippen LogP contribution in [0.1, 0.15) is 24.5 Å². The molecule has 1 aromatic carbocycles. The Morgan fingerprint density at radius 1 is 1.36 bits per heavy atom. The lowest BCUT2D eigenvalue weighted by Gasteiger charge is -2.15. The van der Waals surface area contributed by atoms with E-state index in [1.54, 1.807) is 0 Å². The van der Waals surface area contributed by atoms with Crippen molar-refractivity contribution in [3.05, 3.63) is 29.3 Å². The average Bonchev–Trinajstić information content (AvgIpc) is 2.10. The predicted octanol–water partition coefficient (Wildman–Crippen LogP) is 2.45. The van der Waals surface area contributed by atoms with E-state index in [-0.39, 0.29) is 12.7 Å². The van der Waals surface area contributed by atoms with Gasteiger partial charge in [0.05, 0.1) is 6.10 Å². The molecule has 0 bridgehead atoms. The van der Waals surface area contributed by atoms with E-state index in [9.17, 15) is 0 Å². The summed E-state index contributed by atoms with van der Waals surface area (Å²) in [6.45, 7) is 6.24. The molecule has 0 spiro atoms. The van der Waals surface area contributed by atoms with Gasteiger partial charge in [-0.15, -0.1) is 0 Å². The number of hydrogen-bond acceptors (Lipinski definition) is 2. The van der Waals surface area contributed by atoms with Gasteiger partial charge in [0.1, 0.15) is 5.75 Å². The summed E-state index contributed by atoms with van der Waals surface area (Å²) >= 11 is 0. The third-order valence-electron chi connectivity index (χ3n) is 2.19. The third kappa shape index (κ3) is 3.04. The van der Waals surface area contributed by atoms with Gasteiger partial charge in [0.2, 0.25) is 0 Å². The van der Waals surface area contributed by atoms with E-state index in [4.69, 9.17) is 9.84 Å². The molecule has 2 nitrogen and oxygen atoms in total. The Bertz CT molecular complexity index is 294. The summed E-state index contributed by atoms with van der Waals surface area (Å²) in [6, 6.07) is 6.12. The maximum absolute atomic E-state index is 8.75. The van der Waals surface area contributed by atoms with E-state index >= 15 is 0 Å². The lowest BCUT2D eigenvalue weighted by atomic mass is 10.1. The minimum Gasteiger partial charge on any atom is -0.490 e. The first-order chi connectivity index (χ1) is 6.63. The van der Waals surface area contributed by atoms with Crippen LogP contribution in [0.15, 0.2) is 18.2 Å². The van der Waals surface area contributed by atoms with Crippen molar-refractivity contribution in [2.45, 2.75) is 33.3 Å². The zero-order valence-corrected chi connectivity index (χ0v) is 9.08. The van der Waals surface area contributed by atoms with Gasteiger partial charge in [0, 0.05) is 13.0 Å². The van der Waals surface area contributed by atoms with Crippen LogP contribution in [0.2, 0.25) is 0 Å². The van der Waals surface area contributed by atoms with Crippen LogP contribution >= 0.6 is 0 Å². The molecule has 1 unspecified atom stereocenters. The summed E-state index contributed by atoms with van der Waals surface area (Å²) in [5, 5.41) is 8.75. The van der Waals surface area contributed by atoms with E-state index in [2.05, 4.69) is 13.0 Å². The normalized spacial score (nSPS) is 12.6. The van der Waals surface area contributed by atoms with Crippen LogP contribution < -0.4 is 4.74 Å². The summed E-state index contributed by atoms with van der Waals surface area (Å²) in [7, 11) is 0. The van der Waals surface area contributed by atoms with Gasteiger partial charge in [0.15, 0.2) is 0 Å². The van der Waals surface area contributed by atoms with Gasteiger partial charge >= 0.3 is 0 Å². The fraction of sp³-hybridized carbons (Fsp3) is 0.500. The highest BCUT2D eigenvalue weighted by Crippen LogP contribution is 2.20. The Morgan fingerprint density at radius 2 is 2.07 bits per heavy atom. The molecule has 0 aliphatic heterocycles. The molecule has 0 saturated carbocycles. The Hall–Kier alpha value is -1.02. The van der Waals surface area contributed by atoms with E-state index in [1.165, 1.54) is 5.56 Å². The summed E-state index contributed by atoms with van der Waals surface area (Å²) < 4.78 is 5.68. The van der Waals surface area contributed by atoms with Crippen LogP contribution in [0.25, 0.3) is 0 Å². The van der Waals surface area contributed by atoms with Gasteiger partial charge in [-0.3, -0.25) is 0 Å². The van der Waals surface area contributed by atoms with Crippen LogP contribution in [-0.2, 0) is 0 Å². The van der Waals surface area contributed by atoms with Crippen LogP contribution in [0.5, 0.6) is 5.75 Å². The van der Waals surface area contributed by atoms with Crippen molar-refractivity contribution in [1.82, 2.24) is 0 Å². The van der Waals surface area contributed by atoms with Crippen molar-refractivity contribution >= 4 is 0 Å². The molecule has 78 valence electrons. The molecule has 1 rings (SSSR count). The lowest BCUT2D eigenvalue weighted by molar-refractivity contribution is 0.168. The summed E-state index contributed by atoms with van der Waals surface area (Å²) in [5.41, 5.74) is 2.39. The summed E-state index contributed by atoms with van der Waals surface area (Å²) in [4.78, 5) is 0. The van der Waals surface area contributed by atoms with Gasteiger partial charge in [-0.25, -0.2) is 0 Å².